The van der Waals surface area contributed by atoms with Crippen LogP contribution in [0.15, 0.2) is 0 Å². The largest absolute Gasteiger partial charge is 0.480 e. The summed E-state index contributed by atoms with van der Waals surface area (Å²) in [6, 6.07) is -0.815. The van der Waals surface area contributed by atoms with Crippen molar-refractivity contribution in [3.05, 3.63) is 0 Å². The summed E-state index contributed by atoms with van der Waals surface area (Å²) in [6.45, 7) is 5.25. The van der Waals surface area contributed by atoms with E-state index in [1.165, 1.54) is 7.11 Å². The number of ether oxygens (including phenoxy) is 1. The van der Waals surface area contributed by atoms with Gasteiger partial charge in [0.25, 0.3) is 0 Å². The van der Waals surface area contributed by atoms with E-state index in [1.54, 1.807) is 20.8 Å². The summed E-state index contributed by atoms with van der Waals surface area (Å²) < 4.78 is 5.08. The molecule has 88 valence electrons. The van der Waals surface area contributed by atoms with Crippen molar-refractivity contribution in [3.8, 4) is 0 Å². The van der Waals surface area contributed by atoms with Gasteiger partial charge in [-0.25, -0.2) is 4.79 Å². The first-order valence-corrected chi connectivity index (χ1v) is 4.89. The third-order valence-electron chi connectivity index (χ3n) is 2.18. The van der Waals surface area contributed by atoms with Gasteiger partial charge in [0, 0.05) is 7.11 Å². The van der Waals surface area contributed by atoms with Crippen LogP contribution in [-0.4, -0.2) is 35.7 Å². The Balaban J connectivity index is 4.19. The Morgan fingerprint density at radius 1 is 1.47 bits per heavy atom. The molecule has 0 aromatic rings. The molecule has 0 aromatic carbocycles. The first kappa shape index (κ1) is 13.9. The van der Waals surface area contributed by atoms with Crippen molar-refractivity contribution in [3.63, 3.8) is 0 Å². The molecule has 0 heterocycles. The Morgan fingerprint density at radius 2 is 2.00 bits per heavy atom. The normalized spacial score (nSPS) is 13.3. The van der Waals surface area contributed by atoms with Crippen LogP contribution in [0.5, 0.6) is 0 Å². The van der Waals surface area contributed by atoms with Crippen LogP contribution in [0.4, 0.5) is 0 Å². The van der Waals surface area contributed by atoms with Crippen LogP contribution in [0.25, 0.3) is 0 Å². The van der Waals surface area contributed by atoms with Crippen LogP contribution in [0.3, 0.4) is 0 Å². The molecule has 1 amide bonds. The maximum atomic E-state index is 11.4. The number of methoxy groups -OCH3 is 1. The van der Waals surface area contributed by atoms with Gasteiger partial charge in [-0.2, -0.15) is 0 Å². The maximum Gasteiger partial charge on any atom is 0.326 e. The van der Waals surface area contributed by atoms with E-state index in [4.69, 9.17) is 9.84 Å². The van der Waals surface area contributed by atoms with E-state index in [2.05, 4.69) is 5.32 Å². The van der Waals surface area contributed by atoms with Crippen LogP contribution in [0.1, 0.15) is 33.6 Å². The fourth-order valence-corrected chi connectivity index (χ4v) is 1.04. The second-order valence-corrected chi connectivity index (χ2v) is 4.01. The molecule has 0 aliphatic carbocycles. The lowest BCUT2D eigenvalue weighted by atomic mass is 10.0. The van der Waals surface area contributed by atoms with E-state index in [1.807, 2.05) is 0 Å². The number of carbonyl (C=O) groups excluding carboxylic acids is 1. The van der Waals surface area contributed by atoms with Crippen molar-refractivity contribution in [1.29, 1.82) is 0 Å². The molecule has 0 aliphatic heterocycles. The van der Waals surface area contributed by atoms with E-state index in [9.17, 15) is 9.59 Å². The number of carbonyl (C=O) groups is 2. The number of carboxylic acid groups (broad SMARTS) is 1. The Labute approximate surface area is 89.8 Å². The highest BCUT2D eigenvalue weighted by atomic mass is 16.5. The summed E-state index contributed by atoms with van der Waals surface area (Å²) in [5, 5.41) is 11.2. The van der Waals surface area contributed by atoms with Gasteiger partial charge in [-0.05, 0) is 20.3 Å². The van der Waals surface area contributed by atoms with Crippen molar-refractivity contribution in [1.82, 2.24) is 5.32 Å². The summed E-state index contributed by atoms with van der Waals surface area (Å²) >= 11 is 0. The van der Waals surface area contributed by atoms with E-state index >= 15 is 0 Å². The van der Waals surface area contributed by atoms with Gasteiger partial charge >= 0.3 is 5.97 Å². The summed E-state index contributed by atoms with van der Waals surface area (Å²) in [7, 11) is 1.52. The fourth-order valence-electron chi connectivity index (χ4n) is 1.04. The van der Waals surface area contributed by atoms with Gasteiger partial charge in [0.15, 0.2) is 0 Å². The number of amides is 1. The van der Waals surface area contributed by atoms with Crippen LogP contribution >= 0.6 is 0 Å². The predicted molar refractivity (Wildman–Crippen MR) is 55.6 cm³/mol. The molecule has 5 heteroatoms. The Morgan fingerprint density at radius 3 is 2.33 bits per heavy atom. The number of hydrogen-bond acceptors (Lipinski definition) is 3. The molecular formula is C10H19NO4. The lowest BCUT2D eigenvalue weighted by Gasteiger charge is -2.23. The first-order chi connectivity index (χ1) is 6.82. The van der Waals surface area contributed by atoms with Crippen LogP contribution in [-0.2, 0) is 14.3 Å². The van der Waals surface area contributed by atoms with E-state index < -0.39 is 17.6 Å². The summed E-state index contributed by atoms with van der Waals surface area (Å²) in [5.74, 6) is -1.32. The predicted octanol–water partition coefficient (Wildman–Crippen LogP) is 0.781. The Bertz CT molecular complexity index is 238. The number of hydrogen-bond donors (Lipinski definition) is 2. The van der Waals surface area contributed by atoms with Gasteiger partial charge in [0.1, 0.15) is 6.04 Å². The zero-order valence-corrected chi connectivity index (χ0v) is 9.66. The molecule has 0 bridgehead atoms. The SMILES string of the molecule is CC[C@@H](NC(=O)CC(C)(C)OC)C(=O)O. The minimum atomic E-state index is -1.01. The molecule has 15 heavy (non-hydrogen) atoms. The third-order valence-corrected chi connectivity index (χ3v) is 2.18. The van der Waals surface area contributed by atoms with Gasteiger partial charge in [-0.3, -0.25) is 4.79 Å². The quantitative estimate of drug-likeness (QED) is 0.689. The van der Waals surface area contributed by atoms with Gasteiger partial charge in [0.2, 0.25) is 5.91 Å². The van der Waals surface area contributed by atoms with Gasteiger partial charge < -0.3 is 15.2 Å². The summed E-state index contributed by atoms with van der Waals surface area (Å²) in [5.41, 5.74) is -0.569. The lowest BCUT2D eigenvalue weighted by molar-refractivity contribution is -0.142. The van der Waals surface area contributed by atoms with Crippen LogP contribution in [0.2, 0.25) is 0 Å². The molecule has 0 aromatic heterocycles. The first-order valence-electron chi connectivity index (χ1n) is 4.89. The van der Waals surface area contributed by atoms with Gasteiger partial charge in [-0.15, -0.1) is 0 Å². The second-order valence-electron chi connectivity index (χ2n) is 4.01. The molecule has 0 fully saturated rings. The average molecular weight is 217 g/mol. The summed E-state index contributed by atoms with van der Waals surface area (Å²) in [4.78, 5) is 22.1. The monoisotopic (exact) mass is 217 g/mol. The molecule has 5 nitrogen and oxygen atoms in total. The fraction of sp³-hybridized carbons (Fsp3) is 0.800. The molecule has 0 saturated heterocycles. The van der Waals surface area contributed by atoms with E-state index in [-0.39, 0.29) is 12.3 Å². The van der Waals surface area contributed by atoms with Gasteiger partial charge in [0.05, 0.1) is 12.0 Å². The molecule has 0 unspecified atom stereocenters. The molecule has 0 spiro atoms. The van der Waals surface area contributed by atoms with Crippen LogP contribution < -0.4 is 5.32 Å². The Hall–Kier alpha value is -1.10. The molecule has 2 N–H and O–H groups in total. The van der Waals surface area contributed by atoms with E-state index in [0.29, 0.717) is 6.42 Å². The molecule has 0 rings (SSSR count). The minimum absolute atomic E-state index is 0.146. The molecule has 0 aliphatic rings. The number of rotatable bonds is 6. The number of carboxylic acids is 1. The minimum Gasteiger partial charge on any atom is -0.480 e. The molecule has 0 saturated carbocycles. The standard InChI is InChI=1S/C10H19NO4/c1-5-7(9(13)14)11-8(12)6-10(2,3)15-4/h7H,5-6H2,1-4H3,(H,11,12)(H,13,14)/t7-/m1/s1. The third kappa shape index (κ3) is 5.37. The van der Waals surface area contributed by atoms with Crippen molar-refractivity contribution < 1.29 is 19.4 Å². The highest BCUT2D eigenvalue weighted by molar-refractivity contribution is 5.83. The maximum absolute atomic E-state index is 11.4. The van der Waals surface area contributed by atoms with Gasteiger partial charge in [-0.1, -0.05) is 6.92 Å². The van der Waals surface area contributed by atoms with E-state index in [0.717, 1.165) is 0 Å². The molecular weight excluding hydrogens is 198 g/mol. The van der Waals surface area contributed by atoms with Crippen LogP contribution in [0, 0.1) is 0 Å². The second kappa shape index (κ2) is 5.70. The smallest absolute Gasteiger partial charge is 0.326 e. The number of nitrogens with one attached hydrogen (secondary N) is 1. The van der Waals surface area contributed by atoms with Crippen molar-refractivity contribution in [2.24, 2.45) is 0 Å². The Kier molecular flexibility index (Phi) is 5.28. The highest BCUT2D eigenvalue weighted by Crippen LogP contribution is 2.12. The lowest BCUT2D eigenvalue weighted by Crippen LogP contribution is -2.43. The summed E-state index contributed by atoms with van der Waals surface area (Å²) in [6.07, 6.45) is 0.516. The van der Waals surface area contributed by atoms with Crippen molar-refractivity contribution >= 4 is 11.9 Å². The zero-order valence-electron chi connectivity index (χ0n) is 9.66. The zero-order chi connectivity index (χ0) is 12.1. The number of aliphatic carboxylic acids is 1. The van der Waals surface area contributed by atoms with Crippen molar-refractivity contribution in [2.45, 2.75) is 45.3 Å². The average Bonchev–Trinajstić information content (AvgIpc) is 2.13. The highest BCUT2D eigenvalue weighted by Gasteiger charge is 2.24. The molecule has 1 atom stereocenters. The van der Waals surface area contributed by atoms with Crippen molar-refractivity contribution in [2.75, 3.05) is 7.11 Å². The topological polar surface area (TPSA) is 75.6 Å². The molecule has 0 radical (unpaired) electrons.